The molecule has 1 aliphatic rings. The lowest BCUT2D eigenvalue weighted by Crippen LogP contribution is -2.36. The molecule has 1 unspecified atom stereocenters. The van der Waals surface area contributed by atoms with E-state index < -0.39 is 0 Å². The van der Waals surface area contributed by atoms with Crippen LogP contribution >= 0.6 is 0 Å². The number of rotatable bonds is 3. The lowest BCUT2D eigenvalue weighted by atomic mass is 10.0. The van der Waals surface area contributed by atoms with Crippen molar-refractivity contribution >= 4 is 11.6 Å². The summed E-state index contributed by atoms with van der Waals surface area (Å²) in [6, 6.07) is 6.29. The van der Waals surface area contributed by atoms with Crippen LogP contribution in [-0.2, 0) is 6.54 Å². The fraction of sp³-hybridized carbons (Fsp3) is 0.562. The summed E-state index contributed by atoms with van der Waals surface area (Å²) in [7, 11) is 3.50. The van der Waals surface area contributed by atoms with Crippen molar-refractivity contribution in [3.8, 4) is 0 Å². The van der Waals surface area contributed by atoms with E-state index in [2.05, 4.69) is 11.8 Å². The molecule has 0 aliphatic carbocycles. The number of carbonyl (C=O) groups excluding carboxylic acids is 1. The van der Waals surface area contributed by atoms with E-state index in [1.165, 1.54) is 19.3 Å². The molecule has 1 fully saturated rings. The highest BCUT2D eigenvalue weighted by atomic mass is 16.2. The quantitative estimate of drug-likeness (QED) is 0.861. The van der Waals surface area contributed by atoms with Crippen LogP contribution in [0.15, 0.2) is 18.2 Å². The molecule has 20 heavy (non-hydrogen) atoms. The molecule has 2 rings (SSSR count). The fourth-order valence-corrected chi connectivity index (χ4v) is 2.74. The van der Waals surface area contributed by atoms with E-state index in [4.69, 9.17) is 5.73 Å². The highest BCUT2D eigenvalue weighted by molar-refractivity contribution is 5.94. The summed E-state index contributed by atoms with van der Waals surface area (Å²) in [4.78, 5) is 16.0. The molecular weight excluding hydrogens is 250 g/mol. The SMILES string of the molecule is CC1CCCCN1Cc1ccc(C(=O)N(C)C)cc1N. The Morgan fingerprint density at radius 1 is 1.40 bits per heavy atom. The van der Waals surface area contributed by atoms with Gasteiger partial charge in [0.25, 0.3) is 5.91 Å². The molecule has 1 atom stereocenters. The van der Waals surface area contributed by atoms with Gasteiger partial charge in [0.15, 0.2) is 0 Å². The highest BCUT2D eigenvalue weighted by Gasteiger charge is 2.19. The van der Waals surface area contributed by atoms with Gasteiger partial charge in [-0.15, -0.1) is 0 Å². The summed E-state index contributed by atoms with van der Waals surface area (Å²) in [5.41, 5.74) is 8.62. The molecule has 4 heteroatoms. The second kappa shape index (κ2) is 6.27. The lowest BCUT2D eigenvalue weighted by Gasteiger charge is -2.33. The van der Waals surface area contributed by atoms with Gasteiger partial charge >= 0.3 is 0 Å². The van der Waals surface area contributed by atoms with E-state index in [0.717, 1.165) is 24.3 Å². The predicted octanol–water partition coefficient (Wildman–Crippen LogP) is 2.35. The number of anilines is 1. The Balaban J connectivity index is 2.11. The number of hydrogen-bond donors (Lipinski definition) is 1. The van der Waals surface area contributed by atoms with Gasteiger partial charge in [0, 0.05) is 37.9 Å². The maximum Gasteiger partial charge on any atom is 0.253 e. The van der Waals surface area contributed by atoms with Gasteiger partial charge in [-0.2, -0.15) is 0 Å². The second-order valence-corrected chi connectivity index (χ2v) is 5.93. The van der Waals surface area contributed by atoms with Crippen molar-refractivity contribution in [1.82, 2.24) is 9.80 Å². The number of amides is 1. The van der Waals surface area contributed by atoms with Crippen LogP contribution in [0.3, 0.4) is 0 Å². The van der Waals surface area contributed by atoms with Gasteiger partial charge in [0.2, 0.25) is 0 Å². The summed E-state index contributed by atoms with van der Waals surface area (Å²) in [5, 5.41) is 0. The van der Waals surface area contributed by atoms with Gasteiger partial charge in [0.1, 0.15) is 0 Å². The summed E-state index contributed by atoms with van der Waals surface area (Å²) in [6.45, 7) is 4.29. The summed E-state index contributed by atoms with van der Waals surface area (Å²) >= 11 is 0. The third kappa shape index (κ3) is 3.31. The molecular formula is C16H25N3O. The molecule has 1 amide bonds. The molecule has 1 saturated heterocycles. The molecule has 0 spiro atoms. The Bertz CT molecular complexity index is 485. The van der Waals surface area contributed by atoms with Crippen LogP contribution in [0.2, 0.25) is 0 Å². The Morgan fingerprint density at radius 3 is 2.75 bits per heavy atom. The van der Waals surface area contributed by atoms with Crippen LogP contribution in [0.5, 0.6) is 0 Å². The highest BCUT2D eigenvalue weighted by Crippen LogP contribution is 2.22. The van der Waals surface area contributed by atoms with Crippen molar-refractivity contribution < 1.29 is 4.79 Å². The minimum Gasteiger partial charge on any atom is -0.398 e. The van der Waals surface area contributed by atoms with E-state index in [1.54, 1.807) is 25.1 Å². The van der Waals surface area contributed by atoms with Gasteiger partial charge in [-0.05, 0) is 44.0 Å². The smallest absolute Gasteiger partial charge is 0.253 e. The monoisotopic (exact) mass is 275 g/mol. The van der Waals surface area contributed by atoms with Crippen LogP contribution in [0, 0.1) is 0 Å². The van der Waals surface area contributed by atoms with E-state index in [-0.39, 0.29) is 5.91 Å². The Morgan fingerprint density at radius 2 is 2.15 bits per heavy atom. The van der Waals surface area contributed by atoms with Crippen molar-refractivity contribution in [3.63, 3.8) is 0 Å². The summed E-state index contributed by atoms with van der Waals surface area (Å²) < 4.78 is 0. The number of benzene rings is 1. The zero-order valence-corrected chi connectivity index (χ0v) is 12.7. The average molecular weight is 275 g/mol. The lowest BCUT2D eigenvalue weighted by molar-refractivity contribution is 0.0827. The van der Waals surface area contributed by atoms with Crippen molar-refractivity contribution in [2.24, 2.45) is 0 Å². The van der Waals surface area contributed by atoms with Crippen LogP contribution < -0.4 is 5.73 Å². The maximum absolute atomic E-state index is 11.9. The normalized spacial score (nSPS) is 19.9. The standard InChI is InChI=1S/C16H25N3O/c1-12-6-4-5-9-19(12)11-14-8-7-13(10-15(14)17)16(20)18(2)3/h7-8,10,12H,4-6,9,11,17H2,1-3H3. The topological polar surface area (TPSA) is 49.6 Å². The Kier molecular flexibility index (Phi) is 4.65. The van der Waals surface area contributed by atoms with Gasteiger partial charge in [-0.25, -0.2) is 0 Å². The number of nitrogens with two attached hydrogens (primary N) is 1. The van der Waals surface area contributed by atoms with Crippen molar-refractivity contribution in [2.45, 2.75) is 38.8 Å². The number of nitrogens with zero attached hydrogens (tertiary/aromatic N) is 2. The maximum atomic E-state index is 11.9. The Hall–Kier alpha value is -1.55. The number of likely N-dealkylation sites (tertiary alicyclic amines) is 1. The Labute approximate surface area is 121 Å². The first-order chi connectivity index (χ1) is 9.49. The molecule has 1 aromatic carbocycles. The van der Waals surface area contributed by atoms with Crippen molar-refractivity contribution in [1.29, 1.82) is 0 Å². The largest absolute Gasteiger partial charge is 0.398 e. The molecule has 110 valence electrons. The minimum atomic E-state index is -0.00501. The summed E-state index contributed by atoms with van der Waals surface area (Å²) in [5.74, 6) is -0.00501. The second-order valence-electron chi connectivity index (χ2n) is 5.93. The van der Waals surface area contributed by atoms with Gasteiger partial charge in [-0.1, -0.05) is 12.5 Å². The first-order valence-electron chi connectivity index (χ1n) is 7.33. The van der Waals surface area contributed by atoms with Crippen LogP contribution in [0.25, 0.3) is 0 Å². The summed E-state index contributed by atoms with van der Waals surface area (Å²) in [6.07, 6.45) is 3.85. The predicted molar refractivity (Wildman–Crippen MR) is 82.6 cm³/mol. The zero-order valence-electron chi connectivity index (χ0n) is 12.7. The third-order valence-electron chi connectivity index (χ3n) is 4.11. The van der Waals surface area contributed by atoms with E-state index in [9.17, 15) is 4.79 Å². The molecule has 4 nitrogen and oxygen atoms in total. The third-order valence-corrected chi connectivity index (χ3v) is 4.11. The molecule has 1 aromatic rings. The van der Waals surface area contributed by atoms with E-state index in [0.29, 0.717) is 11.6 Å². The van der Waals surface area contributed by atoms with Gasteiger partial charge in [-0.3, -0.25) is 9.69 Å². The molecule has 2 N–H and O–H groups in total. The van der Waals surface area contributed by atoms with Gasteiger partial charge < -0.3 is 10.6 Å². The number of carbonyl (C=O) groups is 1. The minimum absolute atomic E-state index is 0.00501. The van der Waals surface area contributed by atoms with Crippen LogP contribution in [0.4, 0.5) is 5.69 Å². The molecule has 1 heterocycles. The van der Waals surface area contributed by atoms with Gasteiger partial charge in [0.05, 0.1) is 0 Å². The van der Waals surface area contributed by atoms with Crippen molar-refractivity contribution in [2.75, 3.05) is 26.4 Å². The molecule has 0 aromatic heterocycles. The first-order valence-corrected chi connectivity index (χ1v) is 7.33. The number of piperidine rings is 1. The fourth-order valence-electron chi connectivity index (χ4n) is 2.74. The average Bonchev–Trinajstić information content (AvgIpc) is 2.42. The first kappa shape index (κ1) is 14.9. The zero-order chi connectivity index (χ0) is 14.7. The molecule has 0 radical (unpaired) electrons. The molecule has 0 saturated carbocycles. The number of nitrogen functional groups attached to an aromatic ring is 1. The van der Waals surface area contributed by atoms with Crippen LogP contribution in [0.1, 0.15) is 42.1 Å². The van der Waals surface area contributed by atoms with Crippen LogP contribution in [-0.4, -0.2) is 42.4 Å². The van der Waals surface area contributed by atoms with E-state index in [1.807, 2.05) is 12.1 Å². The molecule has 1 aliphatic heterocycles. The molecule has 0 bridgehead atoms. The number of hydrogen-bond acceptors (Lipinski definition) is 3. The van der Waals surface area contributed by atoms with Crippen molar-refractivity contribution in [3.05, 3.63) is 29.3 Å². The van der Waals surface area contributed by atoms with E-state index >= 15 is 0 Å².